The van der Waals surface area contributed by atoms with Crippen molar-refractivity contribution in [2.75, 3.05) is 28.2 Å². The number of likely N-dealkylation sites (N-methyl/N-ethyl adjacent to an activating group) is 2. The summed E-state index contributed by atoms with van der Waals surface area (Å²) in [5.74, 6) is -5.87. The van der Waals surface area contributed by atoms with Gasteiger partial charge in [0.25, 0.3) is 0 Å². The van der Waals surface area contributed by atoms with E-state index in [2.05, 4.69) is 0 Å². The van der Waals surface area contributed by atoms with E-state index in [1.807, 2.05) is 35.1 Å². The van der Waals surface area contributed by atoms with E-state index < -0.39 is 132 Å². The number of ether oxygens (including phenoxy) is 8. The van der Waals surface area contributed by atoms with E-state index in [0.29, 0.717) is 6.42 Å². The van der Waals surface area contributed by atoms with Crippen LogP contribution in [-0.4, -0.2) is 180 Å². The molecule has 4 heterocycles. The van der Waals surface area contributed by atoms with Crippen LogP contribution in [0.15, 0.2) is 0 Å². The maximum atomic E-state index is 14.6. The van der Waals surface area contributed by atoms with E-state index in [0.717, 1.165) is 9.80 Å². The topological polar surface area (TPSA) is 235 Å². The van der Waals surface area contributed by atoms with Crippen molar-refractivity contribution in [3.05, 3.63) is 0 Å². The second-order valence-corrected chi connectivity index (χ2v) is 20.8. The van der Waals surface area contributed by atoms with E-state index in [4.69, 9.17) is 37.9 Å². The molecule has 0 aliphatic carbocycles. The van der Waals surface area contributed by atoms with Gasteiger partial charge < -0.3 is 73.2 Å². The molecule has 64 heavy (non-hydrogen) atoms. The highest BCUT2D eigenvalue weighted by atomic mass is 16.7. The van der Waals surface area contributed by atoms with Crippen molar-refractivity contribution in [1.82, 2.24) is 0 Å². The Balaban J connectivity index is 1.98. The van der Waals surface area contributed by atoms with Gasteiger partial charge >= 0.3 is 11.9 Å². The molecule has 7 N–H and O–H groups in total. The van der Waals surface area contributed by atoms with Crippen LogP contribution < -0.4 is 9.80 Å². The maximum absolute atomic E-state index is 14.6. The molecular formula is C46H84N2O16+2. The van der Waals surface area contributed by atoms with Gasteiger partial charge in [0.2, 0.25) is 0 Å². The molecule has 4 rings (SSSR count). The first-order valence-electron chi connectivity index (χ1n) is 23.4. The highest BCUT2D eigenvalue weighted by Gasteiger charge is 2.56. The first kappa shape index (κ1) is 54.7. The number of carbonyl (C=O) groups excluding carboxylic acids is 3. The smallest absolute Gasteiger partial charge is 0.311 e. The molecule has 0 radical (unpaired) electrons. The molecule has 18 nitrogen and oxygen atoms in total. The van der Waals surface area contributed by atoms with Gasteiger partial charge in [0.05, 0.1) is 82.8 Å². The number of nitrogens with one attached hydrogen (secondary N) is 2. The molecule has 0 spiro atoms. The third-order valence-electron chi connectivity index (χ3n) is 14.7. The van der Waals surface area contributed by atoms with Crippen LogP contribution in [0.1, 0.15) is 115 Å². The standard InChI is InChI=1S/C46H82N2O16/c1-17-32-46(12,56)39(53)24(4)35(50)22(2)20-45(11,64-33-19-31(48(15)16)36(51)27(7)58-33)41(62-43-37(52)30(47(13)14)18-23(3)57-43)25(5)38(26(6)42(55)60-32)61-34-21-44(10,63-29(9)49)40(54)28(8)59-34/h22-28,30-34,36-41,43,51-54,56H,17-21H2,1-16H3/p+2/t22-,23+,24+,25+,26-,27+,28+,30-,31-,32-,33+,34+,36+,37+,38+,39-,40+,41-,43-,44-,45-,46-/m1/s1. The van der Waals surface area contributed by atoms with Crippen LogP contribution in [0, 0.1) is 23.7 Å². The fourth-order valence-electron chi connectivity index (χ4n) is 10.8. The van der Waals surface area contributed by atoms with Crippen molar-refractivity contribution in [3.8, 4) is 0 Å². The van der Waals surface area contributed by atoms with Crippen molar-refractivity contribution in [2.45, 2.75) is 224 Å². The largest absolute Gasteiger partial charge is 0.459 e. The maximum Gasteiger partial charge on any atom is 0.311 e. The molecule has 0 aromatic rings. The summed E-state index contributed by atoms with van der Waals surface area (Å²) >= 11 is 0. The van der Waals surface area contributed by atoms with E-state index in [1.54, 1.807) is 55.4 Å². The van der Waals surface area contributed by atoms with Gasteiger partial charge in [-0.1, -0.05) is 27.7 Å². The summed E-state index contributed by atoms with van der Waals surface area (Å²) in [7, 11) is 7.73. The predicted molar refractivity (Wildman–Crippen MR) is 231 cm³/mol. The number of quaternary nitrogens is 2. The molecule has 0 aromatic heterocycles. The Labute approximate surface area is 380 Å². The Morgan fingerprint density at radius 3 is 1.89 bits per heavy atom. The zero-order valence-electron chi connectivity index (χ0n) is 41.2. The molecular weight excluding hydrogens is 837 g/mol. The second kappa shape index (κ2) is 21.6. The fraction of sp³-hybridized carbons (Fsp3) is 0.935. The van der Waals surface area contributed by atoms with Crippen molar-refractivity contribution < 1.29 is 87.6 Å². The van der Waals surface area contributed by atoms with Gasteiger partial charge in [0.1, 0.15) is 47.4 Å². The molecule has 22 atom stereocenters. The number of carbonyl (C=O) groups is 3. The molecule has 18 heteroatoms. The summed E-state index contributed by atoms with van der Waals surface area (Å²) < 4.78 is 51.8. The average Bonchev–Trinajstić information content (AvgIpc) is 3.19. The monoisotopic (exact) mass is 921 g/mol. The minimum absolute atomic E-state index is 0.0481. The van der Waals surface area contributed by atoms with Gasteiger partial charge in [0.15, 0.2) is 25.0 Å². The fourth-order valence-corrected chi connectivity index (χ4v) is 10.8. The lowest BCUT2D eigenvalue weighted by atomic mass is 9.73. The van der Waals surface area contributed by atoms with Crippen molar-refractivity contribution in [1.29, 1.82) is 0 Å². The van der Waals surface area contributed by atoms with Crippen molar-refractivity contribution in [2.24, 2.45) is 23.7 Å². The van der Waals surface area contributed by atoms with Crippen LogP contribution in [0.3, 0.4) is 0 Å². The van der Waals surface area contributed by atoms with E-state index in [1.165, 1.54) is 20.8 Å². The Kier molecular flexibility index (Phi) is 18.4. The Morgan fingerprint density at radius 1 is 0.750 bits per heavy atom. The van der Waals surface area contributed by atoms with Gasteiger partial charge in [-0.3, -0.25) is 14.4 Å². The van der Waals surface area contributed by atoms with Crippen LogP contribution in [-0.2, 0) is 52.3 Å². The number of rotatable bonds is 10. The normalized spacial score (nSPS) is 48.1. The molecule has 372 valence electrons. The van der Waals surface area contributed by atoms with Gasteiger partial charge in [-0.15, -0.1) is 0 Å². The summed E-state index contributed by atoms with van der Waals surface area (Å²) in [5.41, 5.74) is -5.06. The number of ketones is 1. The molecule has 0 aromatic carbocycles. The number of Topliss-reactive ketones (excluding diaryl/α,β-unsaturated/α-hetero) is 1. The van der Waals surface area contributed by atoms with E-state index >= 15 is 0 Å². The summed E-state index contributed by atoms with van der Waals surface area (Å²) in [5, 5.41) is 58.0. The Morgan fingerprint density at radius 2 is 1.33 bits per heavy atom. The van der Waals surface area contributed by atoms with E-state index in [-0.39, 0.29) is 43.9 Å². The number of aliphatic hydroxyl groups is 5. The van der Waals surface area contributed by atoms with Gasteiger partial charge in [-0.25, -0.2) is 0 Å². The number of aliphatic hydroxyl groups excluding tert-OH is 4. The molecule has 4 fully saturated rings. The molecule has 4 aliphatic rings. The van der Waals surface area contributed by atoms with E-state index in [9.17, 15) is 39.9 Å². The highest BCUT2D eigenvalue weighted by Crippen LogP contribution is 2.43. The summed E-state index contributed by atoms with van der Waals surface area (Å²) in [6.07, 6.45) is -13.0. The van der Waals surface area contributed by atoms with Crippen LogP contribution in [0.2, 0.25) is 0 Å². The third-order valence-corrected chi connectivity index (χ3v) is 14.7. The highest BCUT2D eigenvalue weighted by molar-refractivity contribution is 5.83. The minimum atomic E-state index is -2.06. The molecule has 0 bridgehead atoms. The molecule has 4 aliphatic heterocycles. The predicted octanol–water partition coefficient (Wildman–Crippen LogP) is -0.682. The number of hydrogen-bond acceptors (Lipinski definition) is 16. The van der Waals surface area contributed by atoms with Gasteiger partial charge in [0, 0.05) is 37.5 Å². The van der Waals surface area contributed by atoms with Crippen LogP contribution in [0.5, 0.6) is 0 Å². The molecule has 0 unspecified atom stereocenters. The SMILES string of the molecule is CC[C@H]1OC(=O)[C@H](C)[C@@H](O[C@H]2C[C@@](C)(OC(C)=O)[C@@H](O)[C@H](C)O2)[C@H](C)[C@@H](O[C@H]2O[C@@H](C)C[C@@H]([NH+](C)C)[C@@H]2O)[C@](C)(O[C@H]2C[C@@H]([NH+](C)C)[C@@H](O)[C@H](C)O2)C[C@@H](C)C(=O)[C@H](C)[C@@H](O)[C@]1(C)O. The Hall–Kier alpha value is -1.91. The summed E-state index contributed by atoms with van der Waals surface area (Å²) in [6.45, 7) is 19.5. The van der Waals surface area contributed by atoms with Crippen LogP contribution in [0.25, 0.3) is 0 Å². The lowest BCUT2D eigenvalue weighted by Crippen LogP contribution is -3.12. The van der Waals surface area contributed by atoms with Crippen LogP contribution in [0.4, 0.5) is 0 Å². The Bertz CT molecular complexity index is 1570. The molecule has 0 saturated carbocycles. The molecule has 0 amide bonds. The molecule has 4 saturated heterocycles. The number of esters is 2. The van der Waals surface area contributed by atoms with Crippen molar-refractivity contribution in [3.63, 3.8) is 0 Å². The van der Waals surface area contributed by atoms with Gasteiger partial charge in [-0.2, -0.15) is 0 Å². The average molecular weight is 921 g/mol. The first-order chi connectivity index (χ1) is 29.5. The van der Waals surface area contributed by atoms with Gasteiger partial charge in [-0.05, 0) is 61.3 Å². The summed E-state index contributed by atoms with van der Waals surface area (Å²) in [4.78, 5) is 43.4. The first-order valence-corrected chi connectivity index (χ1v) is 23.4. The second-order valence-electron chi connectivity index (χ2n) is 20.8. The zero-order chi connectivity index (χ0) is 48.5. The third kappa shape index (κ3) is 12.0. The minimum Gasteiger partial charge on any atom is -0.459 e. The lowest BCUT2D eigenvalue weighted by molar-refractivity contribution is -0.893. The van der Waals surface area contributed by atoms with Crippen LogP contribution >= 0.6 is 0 Å². The number of hydrogen-bond donors (Lipinski definition) is 7. The number of cyclic esters (lactones) is 1. The quantitative estimate of drug-likeness (QED) is 0.135. The summed E-state index contributed by atoms with van der Waals surface area (Å²) in [6, 6.07) is -0.602. The van der Waals surface area contributed by atoms with Crippen molar-refractivity contribution >= 4 is 17.7 Å². The lowest BCUT2D eigenvalue weighted by Gasteiger charge is -2.51. The zero-order valence-corrected chi connectivity index (χ0v) is 41.2.